The van der Waals surface area contributed by atoms with Crippen LogP contribution in [0.1, 0.15) is 41.0 Å². The molecule has 1 amide bonds. The third kappa shape index (κ3) is 2.83. The second-order valence-electron chi connectivity index (χ2n) is 6.20. The lowest BCUT2D eigenvalue weighted by Crippen LogP contribution is -2.33. The predicted octanol–water partition coefficient (Wildman–Crippen LogP) is 2.89. The van der Waals surface area contributed by atoms with Gasteiger partial charge in [0.15, 0.2) is 0 Å². The number of H-pyrrole nitrogens is 1. The molecule has 2 aromatic heterocycles. The van der Waals surface area contributed by atoms with Crippen LogP contribution in [-0.4, -0.2) is 27.8 Å². The quantitative estimate of drug-likeness (QED) is 0.683. The van der Waals surface area contributed by atoms with Crippen molar-refractivity contribution in [1.29, 1.82) is 0 Å². The van der Waals surface area contributed by atoms with Crippen LogP contribution in [0.3, 0.4) is 0 Å². The van der Waals surface area contributed by atoms with Crippen LogP contribution in [0.4, 0.5) is 0 Å². The third-order valence-electron chi connectivity index (χ3n) is 4.61. The molecule has 6 heteroatoms. The van der Waals surface area contributed by atoms with E-state index in [2.05, 4.69) is 15.5 Å². The van der Waals surface area contributed by atoms with Crippen LogP contribution in [0.15, 0.2) is 36.5 Å². The monoisotopic (exact) mass is 341 g/mol. The van der Waals surface area contributed by atoms with Gasteiger partial charge in [0.2, 0.25) is 5.91 Å². The summed E-state index contributed by atoms with van der Waals surface area (Å²) < 4.78 is 1.15. The Hall–Kier alpha value is -2.18. The summed E-state index contributed by atoms with van der Waals surface area (Å²) in [6.45, 7) is 0.231. The fourth-order valence-electron chi connectivity index (χ4n) is 3.32. The molecule has 2 atom stereocenters. The third-order valence-corrected chi connectivity index (χ3v) is 5.82. The summed E-state index contributed by atoms with van der Waals surface area (Å²) in [6, 6.07) is 10.0. The Bertz CT molecular complexity index is 837. The zero-order valence-electron chi connectivity index (χ0n) is 13.2. The van der Waals surface area contributed by atoms with Crippen molar-refractivity contribution < 1.29 is 9.90 Å². The highest BCUT2D eigenvalue weighted by atomic mass is 32.1. The smallest absolute Gasteiger partial charge is 0.227 e. The molecule has 3 N–H and O–H groups in total. The van der Waals surface area contributed by atoms with Crippen LogP contribution in [-0.2, 0) is 11.2 Å². The predicted molar refractivity (Wildman–Crippen MR) is 94.1 cm³/mol. The van der Waals surface area contributed by atoms with Gasteiger partial charge in [0.05, 0.1) is 12.1 Å². The number of carbonyl (C=O) groups excluding carboxylic acids is 1. The largest absolute Gasteiger partial charge is 0.386 e. The fraction of sp³-hybridized carbons (Fsp3) is 0.333. The molecule has 24 heavy (non-hydrogen) atoms. The first-order valence-electron chi connectivity index (χ1n) is 8.19. The van der Waals surface area contributed by atoms with Crippen molar-refractivity contribution in [2.45, 2.75) is 31.3 Å². The van der Waals surface area contributed by atoms with Gasteiger partial charge in [-0.15, -0.1) is 11.3 Å². The van der Waals surface area contributed by atoms with E-state index in [0.717, 1.165) is 45.5 Å². The van der Waals surface area contributed by atoms with E-state index in [4.69, 9.17) is 0 Å². The summed E-state index contributed by atoms with van der Waals surface area (Å²) in [4.78, 5) is 13.4. The van der Waals surface area contributed by atoms with Gasteiger partial charge >= 0.3 is 0 Å². The van der Waals surface area contributed by atoms with Crippen molar-refractivity contribution in [3.63, 3.8) is 0 Å². The van der Waals surface area contributed by atoms with Gasteiger partial charge in [-0.1, -0.05) is 18.2 Å². The minimum atomic E-state index is -0.682. The molecule has 0 spiro atoms. The Kier molecular flexibility index (Phi) is 4.08. The number of hydrogen-bond acceptors (Lipinski definition) is 4. The summed E-state index contributed by atoms with van der Waals surface area (Å²) in [5.74, 6) is -0.195. The molecule has 3 aromatic rings. The first-order valence-corrected chi connectivity index (χ1v) is 9.00. The Morgan fingerprint density at radius 3 is 3.21 bits per heavy atom. The Labute approximate surface area is 143 Å². The number of aromatic nitrogens is 2. The lowest BCUT2D eigenvalue weighted by molar-refractivity contribution is -0.123. The molecule has 0 radical (unpaired) electrons. The van der Waals surface area contributed by atoms with E-state index < -0.39 is 6.10 Å². The Morgan fingerprint density at radius 1 is 1.46 bits per heavy atom. The van der Waals surface area contributed by atoms with Crippen molar-refractivity contribution >= 4 is 27.3 Å². The maximum Gasteiger partial charge on any atom is 0.227 e. The van der Waals surface area contributed by atoms with Crippen molar-refractivity contribution in [2.75, 3.05) is 6.54 Å². The van der Waals surface area contributed by atoms with Crippen LogP contribution in [0.5, 0.6) is 0 Å². The average Bonchev–Trinajstić information content (AvgIpc) is 3.25. The number of aryl methyl sites for hydroxylation is 1. The van der Waals surface area contributed by atoms with Gasteiger partial charge in [0, 0.05) is 27.4 Å². The van der Waals surface area contributed by atoms with Crippen molar-refractivity contribution in [2.24, 2.45) is 0 Å². The fourth-order valence-corrected chi connectivity index (χ4v) is 4.37. The molecule has 2 heterocycles. The Balaban J connectivity index is 1.42. The SMILES string of the molecule is O=C(NC[C@@H](O)c1cc2ccccc2s1)[C@H]1CCCc2[nH]ncc21. The number of benzene rings is 1. The molecule has 4 rings (SSSR count). The van der Waals surface area contributed by atoms with Crippen LogP contribution in [0.25, 0.3) is 10.1 Å². The second kappa shape index (κ2) is 6.37. The molecule has 0 saturated carbocycles. The molecule has 0 saturated heterocycles. The van der Waals surface area contributed by atoms with E-state index in [0.29, 0.717) is 0 Å². The van der Waals surface area contributed by atoms with Gasteiger partial charge in [-0.2, -0.15) is 5.10 Å². The molecule has 1 aliphatic rings. The van der Waals surface area contributed by atoms with Crippen LogP contribution in [0, 0.1) is 0 Å². The number of rotatable bonds is 4. The van der Waals surface area contributed by atoms with E-state index in [1.807, 2.05) is 30.3 Å². The number of aliphatic hydroxyl groups excluding tert-OH is 1. The number of amides is 1. The maximum absolute atomic E-state index is 12.5. The summed E-state index contributed by atoms with van der Waals surface area (Å²) in [5.41, 5.74) is 2.06. The van der Waals surface area contributed by atoms with E-state index in [-0.39, 0.29) is 18.4 Å². The number of fused-ring (bicyclic) bond motifs is 2. The summed E-state index contributed by atoms with van der Waals surface area (Å²) in [6.07, 6.45) is 3.83. The molecule has 0 aliphatic heterocycles. The number of aliphatic hydroxyl groups is 1. The number of hydrogen-bond donors (Lipinski definition) is 3. The summed E-state index contributed by atoms with van der Waals surface area (Å²) in [5, 5.41) is 21.4. The lowest BCUT2D eigenvalue weighted by atomic mass is 9.86. The minimum absolute atomic E-state index is 0.0301. The highest BCUT2D eigenvalue weighted by molar-refractivity contribution is 7.19. The number of aromatic amines is 1. The van der Waals surface area contributed by atoms with Crippen LogP contribution in [0.2, 0.25) is 0 Å². The molecule has 0 bridgehead atoms. The number of carbonyl (C=O) groups is 1. The van der Waals surface area contributed by atoms with Crippen LogP contribution >= 0.6 is 11.3 Å². The molecule has 0 fully saturated rings. The Morgan fingerprint density at radius 2 is 2.33 bits per heavy atom. The molecule has 124 valence electrons. The van der Waals surface area contributed by atoms with Gasteiger partial charge < -0.3 is 10.4 Å². The first-order chi connectivity index (χ1) is 11.7. The lowest BCUT2D eigenvalue weighted by Gasteiger charge is -2.21. The van der Waals surface area contributed by atoms with E-state index in [9.17, 15) is 9.90 Å². The molecule has 5 nitrogen and oxygen atoms in total. The van der Waals surface area contributed by atoms with Gasteiger partial charge in [0.25, 0.3) is 0 Å². The highest BCUT2D eigenvalue weighted by Gasteiger charge is 2.28. The van der Waals surface area contributed by atoms with E-state index >= 15 is 0 Å². The van der Waals surface area contributed by atoms with E-state index in [1.54, 1.807) is 17.5 Å². The highest BCUT2D eigenvalue weighted by Crippen LogP contribution is 2.31. The molecule has 1 aliphatic carbocycles. The minimum Gasteiger partial charge on any atom is -0.386 e. The average molecular weight is 341 g/mol. The number of thiophene rings is 1. The molecular formula is C18H19N3O2S. The van der Waals surface area contributed by atoms with Crippen molar-refractivity contribution in [1.82, 2.24) is 15.5 Å². The first kappa shape index (κ1) is 15.4. The summed E-state index contributed by atoms with van der Waals surface area (Å²) >= 11 is 1.57. The molecule has 0 unspecified atom stereocenters. The van der Waals surface area contributed by atoms with Gasteiger partial charge in [0.1, 0.15) is 6.10 Å². The summed E-state index contributed by atoms with van der Waals surface area (Å²) in [7, 11) is 0. The molecule has 1 aromatic carbocycles. The van der Waals surface area contributed by atoms with Crippen LogP contribution < -0.4 is 5.32 Å². The molecular weight excluding hydrogens is 322 g/mol. The zero-order chi connectivity index (χ0) is 16.5. The van der Waals surface area contributed by atoms with Gasteiger partial charge in [-0.05, 0) is 36.8 Å². The van der Waals surface area contributed by atoms with Gasteiger partial charge in [-0.25, -0.2) is 0 Å². The standard InChI is InChI=1S/C18H19N3O2S/c22-15(17-8-11-4-1-2-7-16(11)24-17)10-19-18(23)12-5-3-6-14-13(12)9-20-21-14/h1-2,4,7-9,12,15,22H,3,5-6,10H2,(H,19,23)(H,20,21)/t12-,15+/m0/s1. The number of nitrogens with zero attached hydrogens (tertiary/aromatic N) is 1. The second-order valence-corrected chi connectivity index (χ2v) is 7.31. The zero-order valence-corrected chi connectivity index (χ0v) is 14.0. The topological polar surface area (TPSA) is 78.0 Å². The number of nitrogens with one attached hydrogen (secondary N) is 2. The maximum atomic E-state index is 12.5. The normalized spacial score (nSPS) is 18.3. The van der Waals surface area contributed by atoms with Gasteiger partial charge in [-0.3, -0.25) is 9.89 Å². The van der Waals surface area contributed by atoms with E-state index in [1.165, 1.54) is 0 Å². The van der Waals surface area contributed by atoms with Crippen molar-refractivity contribution in [3.8, 4) is 0 Å². The van der Waals surface area contributed by atoms with Crippen molar-refractivity contribution in [3.05, 3.63) is 52.7 Å².